The summed E-state index contributed by atoms with van der Waals surface area (Å²) < 4.78 is 0. The summed E-state index contributed by atoms with van der Waals surface area (Å²) in [5.41, 5.74) is 2.21. The smallest absolute Gasteiger partial charge is 0.233 e. The van der Waals surface area contributed by atoms with Gasteiger partial charge in [-0.25, -0.2) is 5.84 Å². The lowest BCUT2D eigenvalue weighted by atomic mass is 10.1. The fourth-order valence-electron chi connectivity index (χ4n) is 2.29. The molecule has 2 saturated carbocycles. The molecular formula is C13H25N3O. The molecule has 0 radical (unpaired) electrons. The van der Waals surface area contributed by atoms with E-state index in [-0.39, 0.29) is 5.91 Å². The van der Waals surface area contributed by atoms with Gasteiger partial charge in [0.05, 0.1) is 0 Å². The molecule has 98 valence electrons. The van der Waals surface area contributed by atoms with Crippen LogP contribution in [0.4, 0.5) is 0 Å². The summed E-state index contributed by atoms with van der Waals surface area (Å²) in [5.74, 6) is 6.92. The molecule has 2 rings (SSSR count). The van der Waals surface area contributed by atoms with Crippen LogP contribution < -0.4 is 11.3 Å². The van der Waals surface area contributed by atoms with E-state index < -0.39 is 0 Å². The van der Waals surface area contributed by atoms with E-state index in [1.807, 2.05) is 0 Å². The molecule has 2 aliphatic rings. The third kappa shape index (κ3) is 4.64. The van der Waals surface area contributed by atoms with Crippen molar-refractivity contribution in [2.45, 2.75) is 51.5 Å². The summed E-state index contributed by atoms with van der Waals surface area (Å²) in [6.45, 7) is 4.72. The van der Waals surface area contributed by atoms with E-state index >= 15 is 0 Å². The molecule has 0 aromatic rings. The first-order valence-electron chi connectivity index (χ1n) is 6.92. The number of rotatable bonds is 8. The average molecular weight is 239 g/mol. The van der Waals surface area contributed by atoms with Crippen molar-refractivity contribution in [3.8, 4) is 0 Å². The zero-order valence-corrected chi connectivity index (χ0v) is 10.8. The Morgan fingerprint density at radius 3 is 2.24 bits per heavy atom. The van der Waals surface area contributed by atoms with Gasteiger partial charge in [0.2, 0.25) is 5.91 Å². The minimum Gasteiger partial charge on any atom is -0.300 e. The maximum atomic E-state index is 11.2. The number of amides is 1. The summed E-state index contributed by atoms with van der Waals surface area (Å²) in [6.07, 6.45) is 7.06. The van der Waals surface area contributed by atoms with E-state index in [1.165, 1.54) is 38.8 Å². The van der Waals surface area contributed by atoms with E-state index in [2.05, 4.69) is 17.2 Å². The maximum absolute atomic E-state index is 11.2. The number of carbonyl (C=O) groups excluding carboxylic acids is 1. The van der Waals surface area contributed by atoms with Crippen LogP contribution in [0.5, 0.6) is 0 Å². The number of nitrogens with zero attached hydrogens (tertiary/aromatic N) is 1. The van der Waals surface area contributed by atoms with Crippen molar-refractivity contribution >= 4 is 5.91 Å². The summed E-state index contributed by atoms with van der Waals surface area (Å²) >= 11 is 0. The average Bonchev–Trinajstić information content (AvgIpc) is 3.18. The van der Waals surface area contributed by atoms with E-state index in [9.17, 15) is 4.79 Å². The van der Waals surface area contributed by atoms with Crippen molar-refractivity contribution in [3.05, 3.63) is 0 Å². The molecule has 4 nitrogen and oxygen atoms in total. The highest BCUT2D eigenvalue weighted by molar-refractivity contribution is 5.75. The predicted octanol–water partition coefficient (Wildman–Crippen LogP) is 1.27. The molecule has 0 spiro atoms. The van der Waals surface area contributed by atoms with Crippen molar-refractivity contribution in [1.29, 1.82) is 0 Å². The molecule has 2 aliphatic carbocycles. The number of hydrazine groups is 1. The number of carbonyl (C=O) groups is 1. The monoisotopic (exact) mass is 239 g/mol. The second-order valence-electron chi connectivity index (χ2n) is 5.80. The third-order valence-electron chi connectivity index (χ3n) is 3.95. The summed E-state index contributed by atoms with van der Waals surface area (Å²) in [6, 6.07) is 0.508. The van der Waals surface area contributed by atoms with Gasteiger partial charge in [-0.2, -0.15) is 0 Å². The standard InChI is InChI=1S/C13H25N3O/c1-10(2-7-13(17)15-14)16(8-11-3-4-11)9-12-5-6-12/h10-12H,2-9,14H2,1H3,(H,15,17). The normalized spacial score (nSPS) is 21.6. The number of hydrogen-bond acceptors (Lipinski definition) is 3. The highest BCUT2D eigenvalue weighted by atomic mass is 16.2. The van der Waals surface area contributed by atoms with Gasteiger partial charge in [-0.1, -0.05) is 0 Å². The van der Waals surface area contributed by atoms with Gasteiger partial charge in [0.15, 0.2) is 0 Å². The lowest BCUT2D eigenvalue weighted by Crippen LogP contribution is -2.38. The Bertz CT molecular complexity index is 247. The fraction of sp³-hybridized carbons (Fsp3) is 0.923. The molecule has 4 heteroatoms. The molecule has 17 heavy (non-hydrogen) atoms. The van der Waals surface area contributed by atoms with Crippen LogP contribution in [-0.2, 0) is 4.79 Å². The van der Waals surface area contributed by atoms with Gasteiger partial charge in [-0.3, -0.25) is 10.2 Å². The molecule has 0 aliphatic heterocycles. The fourth-order valence-corrected chi connectivity index (χ4v) is 2.29. The lowest BCUT2D eigenvalue weighted by Gasteiger charge is -2.29. The van der Waals surface area contributed by atoms with Gasteiger partial charge in [0.25, 0.3) is 0 Å². The molecule has 3 N–H and O–H groups in total. The van der Waals surface area contributed by atoms with Gasteiger partial charge in [-0.05, 0) is 50.9 Å². The van der Waals surface area contributed by atoms with Gasteiger partial charge < -0.3 is 4.90 Å². The first-order valence-corrected chi connectivity index (χ1v) is 6.92. The van der Waals surface area contributed by atoms with Crippen molar-refractivity contribution < 1.29 is 4.79 Å². The highest BCUT2D eigenvalue weighted by Gasteiger charge is 2.31. The number of nitrogens with one attached hydrogen (secondary N) is 1. The summed E-state index contributed by atoms with van der Waals surface area (Å²) in [5, 5.41) is 0. The summed E-state index contributed by atoms with van der Waals surface area (Å²) in [7, 11) is 0. The Kier molecular flexibility index (Phi) is 4.40. The molecule has 0 heterocycles. The third-order valence-corrected chi connectivity index (χ3v) is 3.95. The zero-order chi connectivity index (χ0) is 12.3. The molecule has 0 bridgehead atoms. The minimum atomic E-state index is -0.0466. The quantitative estimate of drug-likeness (QED) is 0.381. The second-order valence-corrected chi connectivity index (χ2v) is 5.80. The lowest BCUT2D eigenvalue weighted by molar-refractivity contribution is -0.121. The molecule has 0 aromatic heterocycles. The van der Waals surface area contributed by atoms with Gasteiger partial charge >= 0.3 is 0 Å². The highest BCUT2D eigenvalue weighted by Crippen LogP contribution is 2.34. The second kappa shape index (κ2) is 5.83. The van der Waals surface area contributed by atoms with Crippen molar-refractivity contribution in [2.24, 2.45) is 17.7 Å². The Balaban J connectivity index is 1.73. The van der Waals surface area contributed by atoms with Crippen LogP contribution in [0, 0.1) is 11.8 Å². The van der Waals surface area contributed by atoms with E-state index in [0.29, 0.717) is 12.5 Å². The van der Waals surface area contributed by atoms with Crippen molar-refractivity contribution in [2.75, 3.05) is 13.1 Å². The van der Waals surface area contributed by atoms with Gasteiger partial charge in [0, 0.05) is 25.6 Å². The van der Waals surface area contributed by atoms with Crippen LogP contribution in [0.1, 0.15) is 45.4 Å². The zero-order valence-electron chi connectivity index (χ0n) is 10.8. The van der Waals surface area contributed by atoms with Gasteiger partial charge in [-0.15, -0.1) is 0 Å². The molecular weight excluding hydrogens is 214 g/mol. The van der Waals surface area contributed by atoms with Crippen LogP contribution in [-0.4, -0.2) is 29.9 Å². The largest absolute Gasteiger partial charge is 0.300 e. The first-order chi connectivity index (χ1) is 8.19. The molecule has 1 atom stereocenters. The van der Waals surface area contributed by atoms with Crippen LogP contribution in [0.2, 0.25) is 0 Å². The minimum absolute atomic E-state index is 0.0466. The molecule has 1 unspecified atom stereocenters. The molecule has 2 fully saturated rings. The molecule has 0 aromatic carbocycles. The predicted molar refractivity (Wildman–Crippen MR) is 68.0 cm³/mol. The topological polar surface area (TPSA) is 58.4 Å². The van der Waals surface area contributed by atoms with E-state index in [4.69, 9.17) is 5.84 Å². The van der Waals surface area contributed by atoms with E-state index in [1.54, 1.807) is 0 Å². The van der Waals surface area contributed by atoms with Crippen LogP contribution in [0.3, 0.4) is 0 Å². The van der Waals surface area contributed by atoms with Crippen LogP contribution >= 0.6 is 0 Å². The van der Waals surface area contributed by atoms with Crippen LogP contribution in [0.25, 0.3) is 0 Å². The Morgan fingerprint density at radius 2 is 1.82 bits per heavy atom. The van der Waals surface area contributed by atoms with Crippen LogP contribution in [0.15, 0.2) is 0 Å². The summed E-state index contributed by atoms with van der Waals surface area (Å²) in [4.78, 5) is 13.7. The Labute approximate surface area is 104 Å². The van der Waals surface area contributed by atoms with Gasteiger partial charge in [0.1, 0.15) is 0 Å². The molecule has 1 amide bonds. The Morgan fingerprint density at radius 1 is 1.29 bits per heavy atom. The van der Waals surface area contributed by atoms with Crippen molar-refractivity contribution in [1.82, 2.24) is 10.3 Å². The SMILES string of the molecule is CC(CCC(=O)NN)N(CC1CC1)CC1CC1. The first kappa shape index (κ1) is 12.8. The van der Waals surface area contributed by atoms with E-state index in [0.717, 1.165) is 18.3 Å². The number of nitrogens with two attached hydrogens (primary N) is 1. The maximum Gasteiger partial charge on any atom is 0.233 e. The van der Waals surface area contributed by atoms with Crippen molar-refractivity contribution in [3.63, 3.8) is 0 Å². The molecule has 0 saturated heterocycles. The Hall–Kier alpha value is -0.610. The number of hydrogen-bond donors (Lipinski definition) is 2.